The lowest BCUT2D eigenvalue weighted by Gasteiger charge is -2.38. The number of ether oxygens (including phenoxy) is 2. The number of carbonyl (C=O) groups is 5. The number of para-hydroxylation sites is 1. The first-order valence-electron chi connectivity index (χ1n) is 41.0. The Hall–Kier alpha value is -14.5. The summed E-state index contributed by atoms with van der Waals surface area (Å²) in [5.74, 6) is -6.98. The maximum absolute atomic E-state index is 14.8. The summed E-state index contributed by atoms with van der Waals surface area (Å²) in [4.78, 5) is 118. The number of hydrogen-bond acceptors (Lipinski definition) is 18. The molecule has 0 saturated heterocycles. The predicted molar refractivity (Wildman–Crippen MR) is 449 cm³/mol. The number of nitrogens with zero attached hydrogens (tertiary/aromatic N) is 12. The second-order valence-corrected chi connectivity index (χ2v) is 32.8. The SMILES string of the molecule is CC(C)C(=O)Oc1c2n(ncc1=O)C(C1c3ccccc3CCc3ccccc31)CN(C)C2=O.CN1CC(C2c3cc(F)ccc3CCc3c(F)cccc32)n2ncc(=O)c(O)c2C1=O.CN1CC(C2c3ccc(F)cc3CCc3c(F)cccc32)n2ncc(=O)c(O)c2C1=O.CN1CC(C2c3ccccc3COc3ccccc32)n2ncc(=O)c(O)c2C1=O. The highest BCUT2D eigenvalue weighted by Crippen LogP contribution is 2.50. The molecule has 12 aromatic rings. The van der Waals surface area contributed by atoms with Crippen LogP contribution in [0.15, 0.2) is 214 Å². The zero-order valence-corrected chi connectivity index (χ0v) is 68.7. The van der Waals surface area contributed by atoms with Crippen LogP contribution in [0.3, 0.4) is 0 Å². The van der Waals surface area contributed by atoms with Crippen molar-refractivity contribution in [3.05, 3.63) is 365 Å². The van der Waals surface area contributed by atoms with Crippen LogP contribution in [0.4, 0.5) is 17.6 Å². The highest BCUT2D eigenvalue weighted by atomic mass is 19.1. The van der Waals surface area contributed by atoms with Crippen molar-refractivity contribution in [3.8, 4) is 28.7 Å². The number of amides is 4. The molecule has 9 heterocycles. The summed E-state index contributed by atoms with van der Waals surface area (Å²) < 4.78 is 75.3. The molecule has 7 unspecified atom stereocenters. The molecule has 8 aromatic carbocycles. The average Bonchev–Trinajstić information content (AvgIpc) is 1.74. The molecule has 26 nitrogen and oxygen atoms in total. The minimum absolute atomic E-state index is 0.0273. The van der Waals surface area contributed by atoms with Gasteiger partial charge in [-0.3, -0.25) is 61.9 Å². The molecule has 0 radical (unpaired) electrons. The van der Waals surface area contributed by atoms with Gasteiger partial charge in [0.1, 0.15) is 35.6 Å². The third-order valence-corrected chi connectivity index (χ3v) is 25.1. The van der Waals surface area contributed by atoms with E-state index in [9.17, 15) is 76.0 Å². The van der Waals surface area contributed by atoms with E-state index in [4.69, 9.17) is 9.47 Å². The van der Waals surface area contributed by atoms with Gasteiger partial charge in [-0.15, -0.1) is 0 Å². The number of rotatable bonds is 6. The van der Waals surface area contributed by atoms with Crippen molar-refractivity contribution < 1.29 is 66.3 Å². The maximum atomic E-state index is 14.8. The van der Waals surface area contributed by atoms with Gasteiger partial charge in [0.15, 0.2) is 40.0 Å². The number of hydrogen-bond donors (Lipinski definition) is 3. The summed E-state index contributed by atoms with van der Waals surface area (Å²) in [6.45, 7) is 5.02. The standard InChI is InChI=1S/C27H27N3O4.2C23H19F2N3O3.C22H19N3O4/c1-16(2)27(33)34-25-22(31)14-28-30-21(15-29(3)26(32)24(25)30)23-19-10-6-4-8-17(19)12-13-18-9-5-7-11-20(18)23;1-27-11-18(28-21(23(27)31)22(30)19(29)10-26-28)20-14-8-6-13(24)9-12(14)5-7-15-16(20)3-2-4-17(15)25;1-27-11-18(28-21(23(27)31)22(30)19(29)10-26-28)20-15-3-2-4-17(25)14(15)8-6-12-5-7-13(24)9-16(12)20;1-24-11-16(25-20(22(24)28)21(27)17(26)10-23-25)19-14-7-3-2-6-13(14)12-29-18-9-5-4-8-15(18)19/h4-11,14,16,21,23H,12-13,15H2,1-3H3;2-4,6,8-10,18,20,30H,5,7,11H2,1H3;2-5,7,9-10,18,20,30H,6,8,11H2,1H3;2-10,16,19,27H,11-12H2,1H3. The Labute approximate surface area is 712 Å². The highest BCUT2D eigenvalue weighted by Gasteiger charge is 2.47. The molecule has 636 valence electrons. The lowest BCUT2D eigenvalue weighted by molar-refractivity contribution is -0.137. The van der Waals surface area contributed by atoms with E-state index in [1.165, 1.54) is 87.4 Å². The fourth-order valence-electron chi connectivity index (χ4n) is 19.1. The zero-order chi connectivity index (χ0) is 87.8. The van der Waals surface area contributed by atoms with Crippen LogP contribution in [0, 0.1) is 29.2 Å². The van der Waals surface area contributed by atoms with Crippen molar-refractivity contribution >= 4 is 29.6 Å². The van der Waals surface area contributed by atoms with E-state index in [1.54, 1.807) is 75.9 Å². The molecule has 125 heavy (non-hydrogen) atoms. The van der Waals surface area contributed by atoms with Gasteiger partial charge in [-0.05, 0) is 159 Å². The average molecular weight is 1690 g/mol. The molecule has 0 saturated carbocycles. The Morgan fingerprint density at radius 3 is 1.20 bits per heavy atom. The molecule has 0 spiro atoms. The van der Waals surface area contributed by atoms with E-state index < -0.39 is 98.3 Å². The quantitative estimate of drug-likeness (QED) is 0.103. The second-order valence-electron chi connectivity index (χ2n) is 32.8. The van der Waals surface area contributed by atoms with Gasteiger partial charge in [-0.1, -0.05) is 141 Å². The lowest BCUT2D eigenvalue weighted by atomic mass is 9.81. The number of halogens is 4. The van der Waals surface area contributed by atoms with E-state index in [0.29, 0.717) is 67.6 Å². The van der Waals surface area contributed by atoms with Crippen molar-refractivity contribution in [2.75, 3.05) is 54.4 Å². The van der Waals surface area contributed by atoms with E-state index in [2.05, 4.69) is 62.9 Å². The minimum atomic E-state index is -0.757. The minimum Gasteiger partial charge on any atom is -0.502 e. The Kier molecular flexibility index (Phi) is 22.1. The summed E-state index contributed by atoms with van der Waals surface area (Å²) >= 11 is 0. The van der Waals surface area contributed by atoms with Crippen molar-refractivity contribution in [2.24, 2.45) is 5.92 Å². The van der Waals surface area contributed by atoms with Crippen LogP contribution in [0.2, 0.25) is 0 Å². The van der Waals surface area contributed by atoms with Crippen molar-refractivity contribution in [3.63, 3.8) is 0 Å². The monoisotopic (exact) mass is 1690 g/mol. The first-order chi connectivity index (χ1) is 60.1. The lowest BCUT2D eigenvalue weighted by Crippen LogP contribution is -2.46. The first kappa shape index (κ1) is 82.8. The van der Waals surface area contributed by atoms with Gasteiger partial charge in [-0.2, -0.15) is 20.4 Å². The Balaban J connectivity index is 0.000000118. The molecule has 8 aliphatic rings. The number of likely N-dealkylation sites (N-methyl/N-ethyl adjacent to an activating group) is 4. The van der Waals surface area contributed by atoms with Gasteiger partial charge in [0, 0.05) is 83.6 Å². The Bertz CT molecular complexity index is 6590. The van der Waals surface area contributed by atoms with Crippen LogP contribution in [0.1, 0.15) is 187 Å². The molecule has 3 N–H and O–H groups in total. The van der Waals surface area contributed by atoms with Gasteiger partial charge in [0.2, 0.25) is 27.5 Å². The molecule has 3 aliphatic carbocycles. The van der Waals surface area contributed by atoms with E-state index in [1.807, 2.05) is 66.7 Å². The molecule has 4 amide bonds. The molecule has 0 fully saturated rings. The van der Waals surface area contributed by atoms with Crippen LogP contribution in [-0.2, 0) is 49.9 Å². The van der Waals surface area contributed by atoms with E-state index >= 15 is 0 Å². The smallest absolute Gasteiger partial charge is 0.313 e. The Morgan fingerprint density at radius 1 is 0.376 bits per heavy atom. The number of aromatic nitrogens is 8. The number of aryl methyl sites for hydroxylation is 4. The number of aromatic hydroxyl groups is 3. The predicted octanol–water partition coefficient (Wildman–Crippen LogP) is 11.2. The largest absolute Gasteiger partial charge is 0.502 e. The summed E-state index contributed by atoms with van der Waals surface area (Å²) in [5, 5.41) is 48.0. The van der Waals surface area contributed by atoms with Crippen LogP contribution in [0.5, 0.6) is 28.7 Å². The van der Waals surface area contributed by atoms with Crippen molar-refractivity contribution in [2.45, 2.75) is 107 Å². The molecule has 20 rings (SSSR count). The van der Waals surface area contributed by atoms with Crippen LogP contribution < -0.4 is 31.2 Å². The van der Waals surface area contributed by atoms with Gasteiger partial charge >= 0.3 is 5.97 Å². The van der Waals surface area contributed by atoms with Crippen LogP contribution in [0.25, 0.3) is 0 Å². The summed E-state index contributed by atoms with van der Waals surface area (Å²) in [6.07, 6.45) is 7.85. The highest BCUT2D eigenvalue weighted by molar-refractivity contribution is 5.98. The summed E-state index contributed by atoms with van der Waals surface area (Å²) in [5.41, 5.74) is 10.4. The second kappa shape index (κ2) is 33.4. The van der Waals surface area contributed by atoms with E-state index in [0.717, 1.165) is 82.3 Å². The fraction of sp³-hybridized carbons (Fsp3) is 0.274. The van der Waals surface area contributed by atoms with Crippen molar-refractivity contribution in [1.82, 2.24) is 58.7 Å². The third kappa shape index (κ3) is 14.9. The molecule has 4 aromatic heterocycles. The fourth-order valence-corrected chi connectivity index (χ4v) is 19.1. The summed E-state index contributed by atoms with van der Waals surface area (Å²) in [7, 11) is 6.51. The molecular formula is C95H84F4N12O14. The molecule has 0 bridgehead atoms. The van der Waals surface area contributed by atoms with Crippen LogP contribution >= 0.6 is 0 Å². The summed E-state index contributed by atoms with van der Waals surface area (Å²) in [6, 6.07) is 49.6. The number of fused-ring (bicyclic) bond motifs is 12. The van der Waals surface area contributed by atoms with Crippen LogP contribution in [-0.4, -0.2) is 158 Å². The zero-order valence-electron chi connectivity index (χ0n) is 68.7. The molecule has 30 heteroatoms. The van der Waals surface area contributed by atoms with Gasteiger partial charge in [-0.25, -0.2) is 17.6 Å². The number of esters is 1. The topological polar surface area (TPSA) is 317 Å². The van der Waals surface area contributed by atoms with Gasteiger partial charge < -0.3 is 44.4 Å². The number of carbonyl (C=O) groups excluding carboxylic acids is 5. The molecule has 7 atom stereocenters. The van der Waals surface area contributed by atoms with Crippen molar-refractivity contribution in [1.29, 1.82) is 0 Å². The first-order valence-corrected chi connectivity index (χ1v) is 41.0. The maximum Gasteiger partial charge on any atom is 0.313 e. The normalized spacial score (nSPS) is 19.4. The van der Waals surface area contributed by atoms with Gasteiger partial charge in [0.25, 0.3) is 23.6 Å². The van der Waals surface area contributed by atoms with Gasteiger partial charge in [0.05, 0.1) is 54.9 Å². The molecular weight excluding hydrogens is 1610 g/mol. The molecule has 5 aliphatic heterocycles. The van der Waals surface area contributed by atoms with E-state index in [-0.39, 0.29) is 88.9 Å². The Morgan fingerprint density at radius 2 is 0.720 bits per heavy atom. The number of benzene rings is 8. The third-order valence-electron chi connectivity index (χ3n) is 25.1.